The second kappa shape index (κ2) is 3.25. The van der Waals surface area contributed by atoms with Crippen molar-refractivity contribution in [1.29, 1.82) is 0 Å². The zero-order valence-electron chi connectivity index (χ0n) is 4.50. The number of aliphatic hydroxyl groups excluding tert-OH is 1. The molecule has 0 aromatic rings. The first-order valence-corrected chi connectivity index (χ1v) is 2.46. The Hall–Kier alpha value is 0.170. The van der Waals surface area contributed by atoms with Gasteiger partial charge in [-0.1, -0.05) is 0 Å². The van der Waals surface area contributed by atoms with Crippen LogP contribution in [-0.4, -0.2) is 23.9 Å². The predicted molar refractivity (Wildman–Crippen MR) is 33.8 cm³/mol. The lowest BCUT2D eigenvalue weighted by molar-refractivity contribution is 0.159. The number of nitrogens with one attached hydrogen (secondary N) is 1. The van der Waals surface area contributed by atoms with Crippen LogP contribution in [0.15, 0.2) is 0 Å². The van der Waals surface area contributed by atoms with Crippen molar-refractivity contribution in [3.63, 3.8) is 0 Å². The molecule has 0 saturated carbocycles. The average Bonchev–Trinajstić information content (AvgIpc) is 1.87. The number of hydrogen-bond acceptors (Lipinski definition) is 3. The van der Waals surface area contributed by atoms with Gasteiger partial charge in [0.25, 0.3) is 0 Å². The van der Waals surface area contributed by atoms with Gasteiger partial charge in [-0.15, -0.1) is 12.4 Å². The van der Waals surface area contributed by atoms with Gasteiger partial charge in [-0.2, -0.15) is 0 Å². The molecule has 4 N–H and O–H groups in total. The summed E-state index contributed by atoms with van der Waals surface area (Å²) in [7, 11) is 0. The van der Waals surface area contributed by atoms with Gasteiger partial charge in [0, 0.05) is 19.0 Å². The standard InChI is InChI=1S/C4H10N2O.ClH/c5-3-1-4(7)6-2-3;/h3-4,6-7H,1-2,5H2;1H. The number of aliphatic hydroxyl groups is 1. The van der Waals surface area contributed by atoms with Gasteiger partial charge in [0.05, 0.1) is 0 Å². The molecule has 1 rings (SSSR count). The van der Waals surface area contributed by atoms with E-state index in [2.05, 4.69) is 5.32 Å². The molecular weight excluding hydrogens is 128 g/mol. The summed E-state index contributed by atoms with van der Waals surface area (Å²) in [6.45, 7) is 0.751. The fourth-order valence-corrected chi connectivity index (χ4v) is 0.741. The maximum absolute atomic E-state index is 8.71. The minimum atomic E-state index is -0.352. The van der Waals surface area contributed by atoms with Gasteiger partial charge in [-0.3, -0.25) is 5.32 Å². The fraction of sp³-hybridized carbons (Fsp3) is 1.00. The zero-order chi connectivity index (χ0) is 5.28. The molecule has 8 heavy (non-hydrogen) atoms. The molecule has 1 saturated heterocycles. The van der Waals surface area contributed by atoms with Gasteiger partial charge in [-0.25, -0.2) is 0 Å². The largest absolute Gasteiger partial charge is 0.379 e. The molecule has 0 aromatic heterocycles. The zero-order valence-corrected chi connectivity index (χ0v) is 5.32. The van der Waals surface area contributed by atoms with Crippen LogP contribution in [0, 0.1) is 0 Å². The maximum atomic E-state index is 8.71. The van der Waals surface area contributed by atoms with Crippen LogP contribution >= 0.6 is 12.4 Å². The second-order valence-electron chi connectivity index (χ2n) is 1.92. The van der Waals surface area contributed by atoms with Gasteiger partial charge in [0.1, 0.15) is 6.23 Å². The van der Waals surface area contributed by atoms with E-state index in [1.54, 1.807) is 0 Å². The van der Waals surface area contributed by atoms with Gasteiger partial charge >= 0.3 is 0 Å². The molecule has 1 aliphatic heterocycles. The summed E-state index contributed by atoms with van der Waals surface area (Å²) in [4.78, 5) is 0. The average molecular weight is 139 g/mol. The number of hydrogen-bond donors (Lipinski definition) is 3. The lowest BCUT2D eigenvalue weighted by atomic mass is 10.3. The summed E-state index contributed by atoms with van der Waals surface area (Å²) < 4.78 is 0. The molecule has 1 fully saturated rings. The highest BCUT2D eigenvalue weighted by Gasteiger charge is 2.16. The summed E-state index contributed by atoms with van der Waals surface area (Å²) in [6.07, 6.45) is 0.343. The SMILES string of the molecule is Cl.NC1CNC(O)C1. The van der Waals surface area contributed by atoms with Gasteiger partial charge in [-0.05, 0) is 0 Å². The Morgan fingerprint density at radius 1 is 1.62 bits per heavy atom. The van der Waals surface area contributed by atoms with E-state index in [4.69, 9.17) is 10.8 Å². The van der Waals surface area contributed by atoms with E-state index in [1.807, 2.05) is 0 Å². The predicted octanol–water partition coefficient (Wildman–Crippen LogP) is -0.953. The Morgan fingerprint density at radius 2 is 2.25 bits per heavy atom. The van der Waals surface area contributed by atoms with Crippen LogP contribution in [0.5, 0.6) is 0 Å². The maximum Gasteiger partial charge on any atom is 0.106 e. The molecule has 0 aliphatic carbocycles. The molecule has 0 amide bonds. The molecule has 50 valence electrons. The topological polar surface area (TPSA) is 58.3 Å². The molecule has 2 unspecified atom stereocenters. The molecule has 3 nitrogen and oxygen atoms in total. The Morgan fingerprint density at radius 3 is 2.38 bits per heavy atom. The summed E-state index contributed by atoms with van der Waals surface area (Å²) in [5.74, 6) is 0. The minimum absolute atomic E-state index is 0. The van der Waals surface area contributed by atoms with E-state index in [9.17, 15) is 0 Å². The van der Waals surface area contributed by atoms with Crippen LogP contribution in [0.1, 0.15) is 6.42 Å². The van der Waals surface area contributed by atoms with Crippen molar-refractivity contribution in [2.24, 2.45) is 5.73 Å². The highest BCUT2D eigenvalue weighted by Crippen LogP contribution is 1.98. The molecule has 0 aromatic carbocycles. The summed E-state index contributed by atoms with van der Waals surface area (Å²) >= 11 is 0. The second-order valence-corrected chi connectivity index (χ2v) is 1.92. The van der Waals surface area contributed by atoms with Crippen LogP contribution in [0.25, 0.3) is 0 Å². The van der Waals surface area contributed by atoms with Gasteiger partial charge in [0.2, 0.25) is 0 Å². The number of halogens is 1. The van der Waals surface area contributed by atoms with E-state index in [0.717, 1.165) is 6.54 Å². The quantitative estimate of drug-likeness (QED) is 0.405. The molecule has 0 radical (unpaired) electrons. The summed E-state index contributed by atoms with van der Waals surface area (Å²) in [5.41, 5.74) is 5.40. The Kier molecular flexibility index (Phi) is 3.31. The van der Waals surface area contributed by atoms with Gasteiger partial charge < -0.3 is 10.8 Å². The molecule has 0 spiro atoms. The van der Waals surface area contributed by atoms with Gasteiger partial charge in [0.15, 0.2) is 0 Å². The van der Waals surface area contributed by atoms with Crippen molar-refractivity contribution in [1.82, 2.24) is 5.32 Å². The molecular formula is C4H11ClN2O. The third-order valence-electron chi connectivity index (χ3n) is 1.14. The van der Waals surface area contributed by atoms with E-state index < -0.39 is 0 Å². The number of nitrogens with two attached hydrogens (primary N) is 1. The lowest BCUT2D eigenvalue weighted by Crippen LogP contribution is -2.23. The molecule has 0 bridgehead atoms. The van der Waals surface area contributed by atoms with E-state index in [1.165, 1.54) is 0 Å². The summed E-state index contributed by atoms with van der Waals surface area (Å²) in [5, 5.41) is 11.5. The van der Waals surface area contributed by atoms with Crippen molar-refractivity contribution in [2.45, 2.75) is 18.7 Å². The highest BCUT2D eigenvalue weighted by atomic mass is 35.5. The van der Waals surface area contributed by atoms with E-state index in [0.29, 0.717) is 6.42 Å². The highest BCUT2D eigenvalue weighted by molar-refractivity contribution is 5.85. The minimum Gasteiger partial charge on any atom is -0.379 e. The van der Waals surface area contributed by atoms with Crippen molar-refractivity contribution < 1.29 is 5.11 Å². The van der Waals surface area contributed by atoms with Crippen LogP contribution in [0.4, 0.5) is 0 Å². The van der Waals surface area contributed by atoms with E-state index in [-0.39, 0.29) is 24.7 Å². The molecule has 2 atom stereocenters. The van der Waals surface area contributed by atoms with Crippen molar-refractivity contribution in [3.8, 4) is 0 Å². The van der Waals surface area contributed by atoms with Crippen LogP contribution in [0.3, 0.4) is 0 Å². The Balaban J connectivity index is 0.000000490. The van der Waals surface area contributed by atoms with Crippen LogP contribution in [0.2, 0.25) is 0 Å². The van der Waals surface area contributed by atoms with Crippen LogP contribution < -0.4 is 11.1 Å². The fourth-order valence-electron chi connectivity index (χ4n) is 0.741. The van der Waals surface area contributed by atoms with Crippen LogP contribution in [-0.2, 0) is 0 Å². The Labute approximate surface area is 54.7 Å². The van der Waals surface area contributed by atoms with Crippen molar-refractivity contribution >= 4 is 12.4 Å². The molecule has 1 heterocycles. The van der Waals surface area contributed by atoms with E-state index >= 15 is 0 Å². The first kappa shape index (κ1) is 8.17. The third-order valence-corrected chi connectivity index (χ3v) is 1.14. The number of rotatable bonds is 0. The normalized spacial score (nSPS) is 36.8. The lowest BCUT2D eigenvalue weighted by Gasteiger charge is -1.95. The van der Waals surface area contributed by atoms with Crippen molar-refractivity contribution in [3.05, 3.63) is 0 Å². The molecule has 4 heteroatoms. The summed E-state index contributed by atoms with van der Waals surface area (Å²) in [6, 6.07) is 0.162. The monoisotopic (exact) mass is 138 g/mol. The first-order chi connectivity index (χ1) is 3.29. The smallest absolute Gasteiger partial charge is 0.106 e. The van der Waals surface area contributed by atoms with Crippen molar-refractivity contribution in [2.75, 3.05) is 6.54 Å². The third kappa shape index (κ3) is 1.96. The molecule has 1 aliphatic rings. The Bertz CT molecular complexity index is 63.1. The first-order valence-electron chi connectivity index (χ1n) is 2.46.